The Hall–Kier alpha value is -4.99. The number of nitrogens with zero attached hydrogens (tertiary/aromatic N) is 2. The Labute approximate surface area is 280 Å². The quantitative estimate of drug-likeness (QED) is 0.195. The van der Waals surface area contributed by atoms with E-state index in [0.29, 0.717) is 0 Å². The zero-order valence-electron chi connectivity index (χ0n) is 26.2. The van der Waals surface area contributed by atoms with Gasteiger partial charge in [0.05, 0.1) is 11.2 Å². The van der Waals surface area contributed by atoms with E-state index in [1.807, 2.05) is 11.8 Å². The van der Waals surface area contributed by atoms with Crippen LogP contribution in [0.1, 0.15) is 43.2 Å². The van der Waals surface area contributed by atoms with Crippen LogP contribution in [-0.2, 0) is 5.41 Å². The van der Waals surface area contributed by atoms with Gasteiger partial charge in [-0.1, -0.05) is 152 Å². The third-order valence-electron chi connectivity index (χ3n) is 10.2. The van der Waals surface area contributed by atoms with Crippen molar-refractivity contribution in [3.05, 3.63) is 157 Å². The minimum absolute atomic E-state index is 0.125. The van der Waals surface area contributed by atoms with Crippen LogP contribution in [0.3, 0.4) is 0 Å². The van der Waals surface area contributed by atoms with Gasteiger partial charge in [-0.15, -0.1) is 0 Å². The number of hydrogen-bond acceptors (Lipinski definition) is 3. The molecule has 1 aliphatic carbocycles. The van der Waals surface area contributed by atoms with E-state index in [0.717, 1.165) is 33.5 Å². The van der Waals surface area contributed by atoms with Crippen molar-refractivity contribution in [1.82, 2.24) is 9.97 Å². The first-order chi connectivity index (χ1) is 23.2. The topological polar surface area (TPSA) is 25.8 Å². The summed E-state index contributed by atoms with van der Waals surface area (Å²) in [4.78, 5) is 13.0. The van der Waals surface area contributed by atoms with Crippen LogP contribution in [0.4, 0.5) is 0 Å². The van der Waals surface area contributed by atoms with Crippen molar-refractivity contribution < 1.29 is 0 Å². The standard InChI is InChI=1S/C44H34N2S/c1-3-11-30(12-4-1)31-17-21-33(22-18-31)42-36-13-5-7-15-39(36)45-43(46-42)34-23-19-32(20-24-34)35-25-26-41-38(29-35)44(27-9-2-10-28-44)37-14-6-8-16-40(37)47-41/h1,3-8,11-26,29H,2,9-10,27-28H2. The fourth-order valence-electron chi connectivity index (χ4n) is 7.77. The molecule has 1 aromatic heterocycles. The van der Waals surface area contributed by atoms with E-state index < -0.39 is 0 Å². The van der Waals surface area contributed by atoms with Gasteiger partial charge < -0.3 is 0 Å². The molecule has 226 valence electrons. The van der Waals surface area contributed by atoms with Crippen LogP contribution < -0.4 is 0 Å². The largest absolute Gasteiger partial charge is 0.228 e. The SMILES string of the molecule is c1ccc(-c2ccc(-c3nc(-c4ccc(-c5ccc6c(c5)C5(CCCCC5)c5ccccc5S6)cc4)nc4ccccc34)cc2)cc1. The average molecular weight is 623 g/mol. The third kappa shape index (κ3) is 4.97. The normalized spacial score (nSPS) is 14.9. The second kappa shape index (κ2) is 11.7. The summed E-state index contributed by atoms with van der Waals surface area (Å²) in [5.41, 5.74) is 12.1. The van der Waals surface area contributed by atoms with Crippen molar-refractivity contribution in [1.29, 1.82) is 0 Å². The van der Waals surface area contributed by atoms with Crippen molar-refractivity contribution in [3.63, 3.8) is 0 Å². The Morgan fingerprint density at radius 3 is 1.85 bits per heavy atom. The lowest BCUT2D eigenvalue weighted by atomic mass is 9.65. The van der Waals surface area contributed by atoms with Crippen molar-refractivity contribution in [3.8, 4) is 44.9 Å². The summed E-state index contributed by atoms with van der Waals surface area (Å²) >= 11 is 1.94. The minimum atomic E-state index is 0.125. The van der Waals surface area contributed by atoms with Crippen LogP contribution >= 0.6 is 11.8 Å². The number of para-hydroxylation sites is 1. The van der Waals surface area contributed by atoms with Gasteiger partial charge in [-0.3, -0.25) is 0 Å². The van der Waals surface area contributed by atoms with Crippen molar-refractivity contribution in [2.75, 3.05) is 0 Å². The monoisotopic (exact) mass is 622 g/mol. The molecule has 9 rings (SSSR count). The first-order valence-electron chi connectivity index (χ1n) is 16.7. The van der Waals surface area contributed by atoms with Crippen LogP contribution in [0.15, 0.2) is 155 Å². The van der Waals surface area contributed by atoms with Gasteiger partial charge in [0, 0.05) is 31.7 Å². The van der Waals surface area contributed by atoms with Crippen LogP contribution in [0.25, 0.3) is 55.8 Å². The van der Waals surface area contributed by atoms with Gasteiger partial charge in [0.2, 0.25) is 0 Å². The zero-order chi connectivity index (χ0) is 31.2. The molecular formula is C44H34N2S. The Morgan fingerprint density at radius 1 is 0.447 bits per heavy atom. The van der Waals surface area contributed by atoms with Crippen LogP contribution in [0.2, 0.25) is 0 Å². The van der Waals surface area contributed by atoms with E-state index >= 15 is 0 Å². The molecule has 0 bridgehead atoms. The summed E-state index contributed by atoms with van der Waals surface area (Å²) in [5, 5.41) is 1.06. The van der Waals surface area contributed by atoms with Gasteiger partial charge in [0.25, 0.3) is 0 Å². The third-order valence-corrected chi connectivity index (χ3v) is 11.3. The lowest BCUT2D eigenvalue weighted by Gasteiger charge is -2.43. The van der Waals surface area contributed by atoms with E-state index in [1.54, 1.807) is 0 Å². The highest BCUT2D eigenvalue weighted by molar-refractivity contribution is 7.99. The molecule has 0 radical (unpaired) electrons. The van der Waals surface area contributed by atoms with Gasteiger partial charge in [-0.2, -0.15) is 0 Å². The van der Waals surface area contributed by atoms with Gasteiger partial charge in [-0.25, -0.2) is 9.97 Å². The number of fused-ring (bicyclic) bond motifs is 5. The summed E-state index contributed by atoms with van der Waals surface area (Å²) in [7, 11) is 0. The van der Waals surface area contributed by atoms with E-state index in [1.165, 1.54) is 75.3 Å². The fourth-order valence-corrected chi connectivity index (χ4v) is 9.03. The molecule has 1 aliphatic heterocycles. The Kier molecular flexibility index (Phi) is 7.01. The van der Waals surface area contributed by atoms with Crippen LogP contribution in [0.5, 0.6) is 0 Å². The smallest absolute Gasteiger partial charge is 0.160 e. The molecule has 3 heteroatoms. The molecule has 0 atom stereocenters. The first-order valence-corrected chi connectivity index (χ1v) is 17.5. The molecule has 2 heterocycles. The summed E-state index contributed by atoms with van der Waals surface area (Å²) in [6.07, 6.45) is 6.39. The van der Waals surface area contributed by atoms with Gasteiger partial charge >= 0.3 is 0 Å². The van der Waals surface area contributed by atoms with Gasteiger partial charge in [0.1, 0.15) is 0 Å². The molecule has 1 saturated carbocycles. The number of benzene rings is 6. The fraction of sp³-hybridized carbons (Fsp3) is 0.136. The van der Waals surface area contributed by atoms with Crippen molar-refractivity contribution in [2.45, 2.75) is 47.3 Å². The van der Waals surface area contributed by atoms with Crippen molar-refractivity contribution >= 4 is 22.7 Å². The van der Waals surface area contributed by atoms with E-state index in [9.17, 15) is 0 Å². The second-order valence-corrected chi connectivity index (χ2v) is 14.0. The van der Waals surface area contributed by atoms with Crippen LogP contribution in [0, 0.1) is 0 Å². The predicted octanol–water partition coefficient (Wildman–Crippen LogP) is 12.0. The van der Waals surface area contributed by atoms with Crippen molar-refractivity contribution in [2.24, 2.45) is 0 Å². The maximum Gasteiger partial charge on any atom is 0.160 e. The van der Waals surface area contributed by atoms with E-state index in [-0.39, 0.29) is 5.41 Å². The molecule has 47 heavy (non-hydrogen) atoms. The highest BCUT2D eigenvalue weighted by atomic mass is 32.2. The highest BCUT2D eigenvalue weighted by Gasteiger charge is 2.41. The molecule has 7 aromatic rings. The molecule has 0 saturated heterocycles. The minimum Gasteiger partial charge on any atom is -0.228 e. The highest BCUT2D eigenvalue weighted by Crippen LogP contribution is 2.55. The summed E-state index contributed by atoms with van der Waals surface area (Å²) in [5.74, 6) is 0.747. The number of rotatable bonds is 4. The first kappa shape index (κ1) is 28.3. The Morgan fingerprint density at radius 2 is 1.04 bits per heavy atom. The number of aromatic nitrogens is 2. The molecule has 6 aromatic carbocycles. The van der Waals surface area contributed by atoms with Gasteiger partial charge in [-0.05, 0) is 70.5 Å². The molecule has 2 nitrogen and oxygen atoms in total. The molecular weight excluding hydrogens is 589 g/mol. The number of hydrogen-bond donors (Lipinski definition) is 0. The van der Waals surface area contributed by atoms with E-state index in [2.05, 4.69) is 146 Å². The molecule has 1 spiro atoms. The maximum atomic E-state index is 5.17. The maximum absolute atomic E-state index is 5.17. The summed E-state index contributed by atoms with van der Waals surface area (Å²) in [6.45, 7) is 0. The predicted molar refractivity (Wildman–Crippen MR) is 196 cm³/mol. The molecule has 1 fully saturated rings. The Bertz CT molecular complexity index is 2230. The van der Waals surface area contributed by atoms with Crippen LogP contribution in [-0.4, -0.2) is 9.97 Å². The molecule has 0 amide bonds. The average Bonchev–Trinajstić information content (AvgIpc) is 3.15. The summed E-state index contributed by atoms with van der Waals surface area (Å²) < 4.78 is 0. The Balaban J connectivity index is 1.07. The second-order valence-electron chi connectivity index (χ2n) is 12.9. The molecule has 2 aliphatic rings. The van der Waals surface area contributed by atoms with E-state index in [4.69, 9.17) is 9.97 Å². The lowest BCUT2D eigenvalue weighted by Crippen LogP contribution is -2.33. The zero-order valence-corrected chi connectivity index (χ0v) is 27.0. The molecule has 0 N–H and O–H groups in total. The molecule has 0 unspecified atom stereocenters. The lowest BCUT2D eigenvalue weighted by molar-refractivity contribution is 0.335. The summed E-state index contributed by atoms with van der Waals surface area (Å²) in [6, 6.07) is 52.6. The van der Waals surface area contributed by atoms with Gasteiger partial charge in [0.15, 0.2) is 5.82 Å².